The molecule has 0 spiro atoms. The maximum atomic E-state index is 12.7. The molecule has 1 aromatic carbocycles. The molecule has 3 rings (SSSR count). The summed E-state index contributed by atoms with van der Waals surface area (Å²) < 4.78 is 11.1. The van der Waals surface area contributed by atoms with Crippen molar-refractivity contribution in [2.24, 2.45) is 5.41 Å². The zero-order chi connectivity index (χ0) is 19.4. The number of carbonyl (C=O) groups excluding carboxylic acids is 2. The fourth-order valence-electron chi connectivity index (χ4n) is 3.47. The molecule has 1 saturated heterocycles. The topological polar surface area (TPSA) is 59.1 Å². The lowest BCUT2D eigenvalue weighted by Crippen LogP contribution is -2.38. The molecule has 0 bridgehead atoms. The van der Waals surface area contributed by atoms with Gasteiger partial charge in [-0.3, -0.25) is 9.59 Å². The van der Waals surface area contributed by atoms with Crippen LogP contribution in [-0.4, -0.2) is 61.0 Å². The highest BCUT2D eigenvalue weighted by molar-refractivity contribution is 5.80. The van der Waals surface area contributed by atoms with Crippen molar-refractivity contribution in [3.8, 4) is 11.5 Å². The minimum Gasteiger partial charge on any atom is -0.486 e. The van der Waals surface area contributed by atoms with Gasteiger partial charge in [0, 0.05) is 32.6 Å². The van der Waals surface area contributed by atoms with Crippen LogP contribution in [0.1, 0.15) is 39.2 Å². The van der Waals surface area contributed by atoms with Gasteiger partial charge < -0.3 is 19.3 Å². The molecule has 27 heavy (non-hydrogen) atoms. The van der Waals surface area contributed by atoms with E-state index in [-0.39, 0.29) is 17.2 Å². The standard InChI is InChI=1S/C21H30N2O4/c1-21(2,3)15-20(25)23-8-4-7-22(9-10-23)19(24)14-16-5-6-17-18(13-16)27-12-11-26-17/h5-6,13H,4,7-12,14-15H2,1-3H3. The number of nitrogens with zero attached hydrogens (tertiary/aromatic N) is 2. The van der Waals surface area contributed by atoms with E-state index in [0.717, 1.165) is 24.3 Å². The van der Waals surface area contributed by atoms with Gasteiger partial charge in [0.15, 0.2) is 11.5 Å². The Labute approximate surface area is 161 Å². The van der Waals surface area contributed by atoms with Gasteiger partial charge in [-0.25, -0.2) is 0 Å². The van der Waals surface area contributed by atoms with E-state index in [1.165, 1.54) is 0 Å². The number of hydrogen-bond donors (Lipinski definition) is 0. The van der Waals surface area contributed by atoms with Crippen LogP contribution in [-0.2, 0) is 16.0 Å². The van der Waals surface area contributed by atoms with Crippen molar-refractivity contribution in [2.75, 3.05) is 39.4 Å². The molecule has 2 aliphatic rings. The highest BCUT2D eigenvalue weighted by Gasteiger charge is 2.25. The Morgan fingerprint density at radius 2 is 1.56 bits per heavy atom. The quantitative estimate of drug-likeness (QED) is 0.816. The monoisotopic (exact) mass is 374 g/mol. The first-order valence-electron chi connectivity index (χ1n) is 9.76. The minimum absolute atomic E-state index is 0.0167. The van der Waals surface area contributed by atoms with Crippen LogP contribution in [0.25, 0.3) is 0 Å². The fraction of sp³-hybridized carbons (Fsp3) is 0.619. The second-order valence-corrected chi connectivity index (χ2v) is 8.51. The number of benzene rings is 1. The van der Waals surface area contributed by atoms with Crippen LogP contribution < -0.4 is 9.47 Å². The van der Waals surface area contributed by atoms with E-state index >= 15 is 0 Å². The summed E-state index contributed by atoms with van der Waals surface area (Å²) in [6.45, 7) is 9.95. The summed E-state index contributed by atoms with van der Waals surface area (Å²) in [5.41, 5.74) is 0.908. The summed E-state index contributed by atoms with van der Waals surface area (Å²) in [7, 11) is 0. The van der Waals surface area contributed by atoms with E-state index < -0.39 is 0 Å². The van der Waals surface area contributed by atoms with Crippen molar-refractivity contribution in [1.82, 2.24) is 9.80 Å². The van der Waals surface area contributed by atoms with Gasteiger partial charge in [0.05, 0.1) is 6.42 Å². The van der Waals surface area contributed by atoms with E-state index in [2.05, 4.69) is 20.8 Å². The van der Waals surface area contributed by atoms with Gasteiger partial charge in [-0.05, 0) is 29.5 Å². The van der Waals surface area contributed by atoms with Gasteiger partial charge in [-0.15, -0.1) is 0 Å². The van der Waals surface area contributed by atoms with E-state index in [1.54, 1.807) is 0 Å². The second-order valence-electron chi connectivity index (χ2n) is 8.51. The zero-order valence-electron chi connectivity index (χ0n) is 16.6. The van der Waals surface area contributed by atoms with Crippen molar-refractivity contribution in [2.45, 2.75) is 40.0 Å². The molecule has 0 N–H and O–H groups in total. The number of carbonyl (C=O) groups is 2. The van der Waals surface area contributed by atoms with Crippen molar-refractivity contribution < 1.29 is 19.1 Å². The van der Waals surface area contributed by atoms with E-state index in [4.69, 9.17) is 9.47 Å². The smallest absolute Gasteiger partial charge is 0.227 e. The lowest BCUT2D eigenvalue weighted by molar-refractivity contribution is -0.134. The summed E-state index contributed by atoms with van der Waals surface area (Å²) in [6.07, 6.45) is 1.70. The van der Waals surface area contributed by atoms with Gasteiger partial charge in [0.2, 0.25) is 11.8 Å². The molecular weight excluding hydrogens is 344 g/mol. The summed E-state index contributed by atoms with van der Waals surface area (Å²) >= 11 is 0. The molecular formula is C21H30N2O4. The Balaban J connectivity index is 1.56. The van der Waals surface area contributed by atoms with E-state index in [1.807, 2.05) is 28.0 Å². The molecule has 0 unspecified atom stereocenters. The Kier molecular flexibility index (Phi) is 5.92. The van der Waals surface area contributed by atoms with Crippen LogP contribution in [0.2, 0.25) is 0 Å². The molecule has 2 amide bonds. The molecule has 0 aromatic heterocycles. The molecule has 6 nitrogen and oxygen atoms in total. The molecule has 1 fully saturated rings. The van der Waals surface area contributed by atoms with Crippen LogP contribution in [0.5, 0.6) is 11.5 Å². The molecule has 148 valence electrons. The molecule has 2 heterocycles. The summed E-state index contributed by atoms with van der Waals surface area (Å²) in [4.78, 5) is 29.0. The van der Waals surface area contributed by atoms with Crippen molar-refractivity contribution in [1.29, 1.82) is 0 Å². The molecule has 1 aromatic rings. The zero-order valence-corrected chi connectivity index (χ0v) is 16.6. The third-order valence-electron chi connectivity index (χ3n) is 4.84. The van der Waals surface area contributed by atoms with Crippen LogP contribution in [0.15, 0.2) is 18.2 Å². The number of hydrogen-bond acceptors (Lipinski definition) is 4. The van der Waals surface area contributed by atoms with E-state index in [9.17, 15) is 9.59 Å². The Morgan fingerprint density at radius 1 is 0.926 bits per heavy atom. The lowest BCUT2D eigenvalue weighted by Gasteiger charge is -2.26. The summed E-state index contributed by atoms with van der Waals surface area (Å²) in [5, 5.41) is 0. The molecule has 2 aliphatic heterocycles. The predicted molar refractivity (Wildman–Crippen MR) is 103 cm³/mol. The largest absolute Gasteiger partial charge is 0.486 e. The number of fused-ring (bicyclic) bond motifs is 1. The highest BCUT2D eigenvalue weighted by atomic mass is 16.6. The first-order valence-corrected chi connectivity index (χ1v) is 9.76. The van der Waals surface area contributed by atoms with Crippen LogP contribution in [0.4, 0.5) is 0 Å². The Hall–Kier alpha value is -2.24. The first-order chi connectivity index (χ1) is 12.8. The van der Waals surface area contributed by atoms with Gasteiger partial charge in [0.1, 0.15) is 13.2 Å². The van der Waals surface area contributed by atoms with Crippen molar-refractivity contribution >= 4 is 11.8 Å². The lowest BCUT2D eigenvalue weighted by atomic mass is 9.91. The summed E-state index contributed by atoms with van der Waals surface area (Å²) in [5.74, 6) is 1.72. The number of ether oxygens (including phenoxy) is 2. The van der Waals surface area contributed by atoms with Crippen LogP contribution in [0, 0.1) is 5.41 Å². The number of amides is 2. The molecule has 0 atom stereocenters. The molecule has 0 saturated carbocycles. The third kappa shape index (κ3) is 5.37. The Morgan fingerprint density at radius 3 is 2.22 bits per heavy atom. The van der Waals surface area contributed by atoms with Gasteiger partial charge >= 0.3 is 0 Å². The molecule has 6 heteroatoms. The average molecular weight is 374 g/mol. The van der Waals surface area contributed by atoms with Crippen molar-refractivity contribution in [3.05, 3.63) is 23.8 Å². The summed E-state index contributed by atoms with van der Waals surface area (Å²) in [6, 6.07) is 5.68. The molecule has 0 aliphatic carbocycles. The predicted octanol–water partition coefficient (Wildman–Crippen LogP) is 2.50. The highest BCUT2D eigenvalue weighted by Crippen LogP contribution is 2.31. The van der Waals surface area contributed by atoms with Crippen LogP contribution >= 0.6 is 0 Å². The van der Waals surface area contributed by atoms with Gasteiger partial charge in [0.25, 0.3) is 0 Å². The normalized spacial score (nSPS) is 17.4. The second kappa shape index (κ2) is 8.19. The first kappa shape index (κ1) is 19.5. The van der Waals surface area contributed by atoms with Crippen molar-refractivity contribution in [3.63, 3.8) is 0 Å². The van der Waals surface area contributed by atoms with Gasteiger partial charge in [-0.1, -0.05) is 26.8 Å². The Bertz CT molecular complexity index is 696. The maximum Gasteiger partial charge on any atom is 0.227 e. The minimum atomic E-state index is -0.0167. The maximum absolute atomic E-state index is 12.7. The molecule has 0 radical (unpaired) electrons. The third-order valence-corrected chi connectivity index (χ3v) is 4.84. The SMILES string of the molecule is CC(C)(C)CC(=O)N1CCCN(C(=O)Cc2ccc3c(c2)OCCO3)CC1. The average Bonchev–Trinajstić information content (AvgIpc) is 2.86. The fourth-order valence-corrected chi connectivity index (χ4v) is 3.47. The van der Waals surface area contributed by atoms with Crippen LogP contribution in [0.3, 0.4) is 0 Å². The van der Waals surface area contributed by atoms with Gasteiger partial charge in [-0.2, -0.15) is 0 Å². The number of rotatable bonds is 3. The van der Waals surface area contributed by atoms with E-state index in [0.29, 0.717) is 51.4 Å².